The average Bonchev–Trinajstić information content (AvgIpc) is 2.45. The summed E-state index contributed by atoms with van der Waals surface area (Å²) in [5, 5.41) is 0. The van der Waals surface area contributed by atoms with Crippen LogP contribution in [0.3, 0.4) is 0 Å². The highest BCUT2D eigenvalue weighted by atomic mass is 19.1. The van der Waals surface area contributed by atoms with Crippen LogP contribution in [-0.2, 0) is 0 Å². The molecule has 2 aromatic carbocycles. The van der Waals surface area contributed by atoms with Gasteiger partial charge < -0.3 is 15.4 Å². The quantitative estimate of drug-likeness (QED) is 0.925. The first-order valence-electron chi connectivity index (χ1n) is 6.47. The van der Waals surface area contributed by atoms with Crippen molar-refractivity contribution in [3.63, 3.8) is 0 Å². The maximum atomic E-state index is 14.0. The van der Waals surface area contributed by atoms with Crippen LogP contribution in [0.25, 0.3) is 0 Å². The molecular formula is C16H19FN2O. The van der Waals surface area contributed by atoms with E-state index in [1.54, 1.807) is 20.1 Å². The van der Waals surface area contributed by atoms with E-state index in [4.69, 9.17) is 10.5 Å². The second-order valence-corrected chi connectivity index (χ2v) is 4.69. The summed E-state index contributed by atoms with van der Waals surface area (Å²) in [5.41, 5.74) is 8.01. The summed E-state index contributed by atoms with van der Waals surface area (Å²) >= 11 is 0. The molecule has 0 unspecified atom stereocenters. The highest BCUT2D eigenvalue weighted by Crippen LogP contribution is 2.36. The molecule has 2 N–H and O–H groups in total. The normalized spacial score (nSPS) is 12.1. The molecule has 0 fully saturated rings. The van der Waals surface area contributed by atoms with Gasteiger partial charge in [-0.05, 0) is 31.2 Å². The van der Waals surface area contributed by atoms with Crippen molar-refractivity contribution in [3.8, 4) is 5.75 Å². The Morgan fingerprint density at radius 1 is 1.10 bits per heavy atom. The van der Waals surface area contributed by atoms with Crippen molar-refractivity contribution in [1.29, 1.82) is 0 Å². The lowest BCUT2D eigenvalue weighted by Crippen LogP contribution is -2.17. The van der Waals surface area contributed by atoms with Crippen molar-refractivity contribution >= 4 is 11.4 Å². The Bertz CT molecular complexity index is 599. The molecule has 20 heavy (non-hydrogen) atoms. The molecule has 0 aliphatic rings. The van der Waals surface area contributed by atoms with Crippen molar-refractivity contribution in [1.82, 2.24) is 0 Å². The van der Waals surface area contributed by atoms with E-state index < -0.39 is 0 Å². The second kappa shape index (κ2) is 5.92. The number of nitrogens with zero attached hydrogens (tertiary/aromatic N) is 1. The standard InChI is InChI=1S/C16H19FN2O/c1-11(18)16-12(17)7-6-9-14(16)19(2)13-8-4-5-10-15(13)20-3/h4-11H,18H2,1-3H3/t11-/m1/s1. The molecule has 0 aliphatic carbocycles. The van der Waals surface area contributed by atoms with E-state index in [0.29, 0.717) is 5.56 Å². The van der Waals surface area contributed by atoms with Gasteiger partial charge in [-0.25, -0.2) is 4.39 Å². The van der Waals surface area contributed by atoms with Crippen LogP contribution in [-0.4, -0.2) is 14.2 Å². The third kappa shape index (κ3) is 2.60. The molecule has 0 aromatic heterocycles. The van der Waals surface area contributed by atoms with Crippen molar-refractivity contribution in [2.45, 2.75) is 13.0 Å². The molecule has 0 saturated heterocycles. The number of methoxy groups -OCH3 is 1. The maximum absolute atomic E-state index is 14.0. The van der Waals surface area contributed by atoms with Crippen molar-refractivity contribution in [2.24, 2.45) is 5.73 Å². The first-order valence-corrected chi connectivity index (χ1v) is 6.47. The van der Waals surface area contributed by atoms with Gasteiger partial charge >= 0.3 is 0 Å². The molecule has 4 heteroatoms. The number of nitrogens with two attached hydrogens (primary N) is 1. The Kier molecular flexibility index (Phi) is 4.25. The van der Waals surface area contributed by atoms with Crippen molar-refractivity contribution in [3.05, 3.63) is 53.8 Å². The van der Waals surface area contributed by atoms with Gasteiger partial charge in [0.05, 0.1) is 12.8 Å². The van der Waals surface area contributed by atoms with E-state index >= 15 is 0 Å². The highest BCUT2D eigenvalue weighted by molar-refractivity contribution is 5.71. The molecule has 2 rings (SSSR count). The van der Waals surface area contributed by atoms with Gasteiger partial charge in [0, 0.05) is 24.3 Å². The van der Waals surface area contributed by atoms with E-state index in [-0.39, 0.29) is 11.9 Å². The number of halogens is 1. The Morgan fingerprint density at radius 2 is 1.75 bits per heavy atom. The van der Waals surface area contributed by atoms with Crippen molar-refractivity contribution in [2.75, 3.05) is 19.1 Å². The molecule has 0 radical (unpaired) electrons. The first kappa shape index (κ1) is 14.3. The Labute approximate surface area is 118 Å². The smallest absolute Gasteiger partial charge is 0.142 e. The summed E-state index contributed by atoms with van der Waals surface area (Å²) in [5.74, 6) is 0.439. The van der Waals surface area contributed by atoms with E-state index in [9.17, 15) is 4.39 Å². The van der Waals surface area contributed by atoms with E-state index in [0.717, 1.165) is 17.1 Å². The maximum Gasteiger partial charge on any atom is 0.142 e. The molecule has 3 nitrogen and oxygen atoms in total. The van der Waals surface area contributed by atoms with Crippen LogP contribution in [0, 0.1) is 5.82 Å². The van der Waals surface area contributed by atoms with Gasteiger partial charge in [-0.1, -0.05) is 18.2 Å². The third-order valence-electron chi connectivity index (χ3n) is 3.29. The van der Waals surface area contributed by atoms with Crippen LogP contribution in [0.1, 0.15) is 18.5 Å². The van der Waals surface area contributed by atoms with Crippen LogP contribution in [0.4, 0.5) is 15.8 Å². The number of hydrogen-bond acceptors (Lipinski definition) is 3. The molecular weight excluding hydrogens is 255 g/mol. The minimum atomic E-state index is -0.386. The predicted molar refractivity (Wildman–Crippen MR) is 80.1 cm³/mol. The lowest BCUT2D eigenvalue weighted by atomic mass is 10.0. The first-order chi connectivity index (χ1) is 9.56. The van der Waals surface area contributed by atoms with E-state index in [2.05, 4.69) is 0 Å². The fraction of sp³-hybridized carbons (Fsp3) is 0.250. The van der Waals surface area contributed by atoms with E-state index in [1.807, 2.05) is 42.3 Å². The summed E-state index contributed by atoms with van der Waals surface area (Å²) in [6.07, 6.45) is 0. The molecule has 0 aliphatic heterocycles. The number of rotatable bonds is 4. The zero-order chi connectivity index (χ0) is 14.7. The summed E-state index contributed by atoms with van der Waals surface area (Å²) < 4.78 is 19.4. The minimum Gasteiger partial charge on any atom is -0.495 e. The number of hydrogen-bond donors (Lipinski definition) is 1. The Balaban J connectivity index is 2.54. The number of para-hydroxylation sites is 2. The van der Waals surface area contributed by atoms with Crippen molar-refractivity contribution < 1.29 is 9.13 Å². The van der Waals surface area contributed by atoms with Crippen LogP contribution < -0.4 is 15.4 Å². The van der Waals surface area contributed by atoms with Gasteiger partial charge in [0.2, 0.25) is 0 Å². The van der Waals surface area contributed by atoms with Gasteiger partial charge in [0.1, 0.15) is 11.6 Å². The summed E-state index contributed by atoms with van der Waals surface area (Å²) in [4.78, 5) is 1.89. The Hall–Kier alpha value is -2.07. The lowest BCUT2D eigenvalue weighted by Gasteiger charge is -2.25. The number of benzene rings is 2. The fourth-order valence-corrected chi connectivity index (χ4v) is 2.31. The topological polar surface area (TPSA) is 38.5 Å². The summed E-state index contributed by atoms with van der Waals surface area (Å²) in [7, 11) is 3.49. The third-order valence-corrected chi connectivity index (χ3v) is 3.29. The van der Waals surface area contributed by atoms with Gasteiger partial charge in [0.15, 0.2) is 0 Å². The molecule has 0 spiro atoms. The van der Waals surface area contributed by atoms with Gasteiger partial charge in [-0.3, -0.25) is 0 Å². The SMILES string of the molecule is COc1ccccc1N(C)c1cccc(F)c1[C@@H](C)N. The predicted octanol–water partition coefficient (Wildman–Crippen LogP) is 3.62. The van der Waals surface area contributed by atoms with Gasteiger partial charge in [0.25, 0.3) is 0 Å². The average molecular weight is 274 g/mol. The molecule has 2 aromatic rings. The van der Waals surface area contributed by atoms with Crippen LogP contribution in [0.5, 0.6) is 5.75 Å². The zero-order valence-corrected chi connectivity index (χ0v) is 11.9. The second-order valence-electron chi connectivity index (χ2n) is 4.69. The van der Waals surface area contributed by atoms with E-state index in [1.165, 1.54) is 6.07 Å². The van der Waals surface area contributed by atoms with Crippen LogP contribution in [0.2, 0.25) is 0 Å². The van der Waals surface area contributed by atoms with Crippen LogP contribution in [0.15, 0.2) is 42.5 Å². The molecule has 106 valence electrons. The van der Waals surface area contributed by atoms with Gasteiger partial charge in [-0.2, -0.15) is 0 Å². The lowest BCUT2D eigenvalue weighted by molar-refractivity contribution is 0.415. The summed E-state index contributed by atoms with van der Waals surface area (Å²) in [6, 6.07) is 12.2. The molecule has 0 saturated carbocycles. The number of anilines is 2. The monoisotopic (exact) mass is 274 g/mol. The highest BCUT2D eigenvalue weighted by Gasteiger charge is 2.18. The molecule has 0 bridgehead atoms. The largest absolute Gasteiger partial charge is 0.495 e. The molecule has 0 amide bonds. The van der Waals surface area contributed by atoms with Crippen LogP contribution >= 0.6 is 0 Å². The zero-order valence-electron chi connectivity index (χ0n) is 11.9. The molecule has 0 heterocycles. The fourth-order valence-electron chi connectivity index (χ4n) is 2.31. The minimum absolute atomic E-state index is 0.292. The molecule has 1 atom stereocenters. The Morgan fingerprint density at radius 3 is 2.40 bits per heavy atom. The summed E-state index contributed by atoms with van der Waals surface area (Å²) in [6.45, 7) is 1.78. The number of ether oxygens (including phenoxy) is 1. The van der Waals surface area contributed by atoms with Gasteiger partial charge in [-0.15, -0.1) is 0 Å².